The van der Waals surface area contributed by atoms with Crippen LogP contribution < -0.4 is 4.72 Å². The molecule has 0 aromatic carbocycles. The lowest BCUT2D eigenvalue weighted by molar-refractivity contribution is 0.545. The minimum absolute atomic E-state index is 0.0184. The Morgan fingerprint density at radius 1 is 1.56 bits per heavy atom. The van der Waals surface area contributed by atoms with E-state index in [0.717, 1.165) is 19.3 Å². The second-order valence-corrected chi connectivity index (χ2v) is 7.09. The van der Waals surface area contributed by atoms with Crippen LogP contribution in [0.15, 0.2) is 0 Å². The zero-order chi connectivity index (χ0) is 12.2. The molecule has 1 N–H and O–H groups in total. The predicted octanol–water partition coefficient (Wildman–Crippen LogP) is 1.49. The van der Waals surface area contributed by atoms with Crippen LogP contribution in [0.3, 0.4) is 0 Å². The molecule has 0 radical (unpaired) electrons. The second-order valence-electron chi connectivity index (χ2n) is 4.06. The van der Waals surface area contributed by atoms with Gasteiger partial charge in [0, 0.05) is 11.3 Å². The highest BCUT2D eigenvalue weighted by Gasteiger charge is 2.31. The summed E-state index contributed by atoms with van der Waals surface area (Å²) in [7, 11) is -3.46. The van der Waals surface area contributed by atoms with Gasteiger partial charge in [0.25, 0.3) is 0 Å². The summed E-state index contributed by atoms with van der Waals surface area (Å²) in [6.07, 6.45) is 5.20. The first-order chi connectivity index (χ1) is 7.53. The van der Waals surface area contributed by atoms with Crippen molar-refractivity contribution in [1.29, 1.82) is 5.26 Å². The maximum atomic E-state index is 11.8. The van der Waals surface area contributed by atoms with Crippen molar-refractivity contribution in [1.82, 2.24) is 4.72 Å². The molecule has 6 heteroatoms. The number of hydrogen-bond acceptors (Lipinski definition) is 4. The van der Waals surface area contributed by atoms with Gasteiger partial charge in [-0.3, -0.25) is 0 Å². The molecule has 4 nitrogen and oxygen atoms in total. The summed E-state index contributed by atoms with van der Waals surface area (Å²) in [6, 6.07) is 1.85. The first-order valence-electron chi connectivity index (χ1n) is 5.47. The molecule has 0 heterocycles. The van der Waals surface area contributed by atoms with Crippen molar-refractivity contribution in [2.75, 3.05) is 6.26 Å². The summed E-state index contributed by atoms with van der Waals surface area (Å²) in [5.41, 5.74) is 0. The largest absolute Gasteiger partial charge is 0.228 e. The second kappa shape index (κ2) is 5.89. The lowest BCUT2D eigenvalue weighted by Crippen LogP contribution is -2.39. The third-order valence-corrected chi connectivity index (χ3v) is 5.88. The van der Waals surface area contributed by atoms with Gasteiger partial charge in [-0.15, -0.1) is 0 Å². The van der Waals surface area contributed by atoms with Crippen LogP contribution in [-0.2, 0) is 10.0 Å². The van der Waals surface area contributed by atoms with Gasteiger partial charge in [0.1, 0.15) is 0 Å². The van der Waals surface area contributed by atoms with Gasteiger partial charge in [0.2, 0.25) is 10.0 Å². The van der Waals surface area contributed by atoms with Crippen molar-refractivity contribution < 1.29 is 8.42 Å². The number of nitrogens with one attached hydrogen (secondary N) is 1. The standard InChI is InChI=1S/C10H18N2O2S2/c1-3-10(7-11)16(13,14)12-8-4-5-9(6-8)15-2/h8-10,12H,3-6H2,1-2H3. The Labute approximate surface area is 102 Å². The number of nitriles is 1. The minimum Gasteiger partial charge on any atom is -0.211 e. The Morgan fingerprint density at radius 3 is 2.69 bits per heavy atom. The fourth-order valence-electron chi connectivity index (χ4n) is 1.96. The molecular weight excluding hydrogens is 244 g/mol. The Morgan fingerprint density at radius 2 is 2.25 bits per heavy atom. The molecule has 1 saturated carbocycles. The fraction of sp³-hybridized carbons (Fsp3) is 0.900. The molecule has 3 atom stereocenters. The zero-order valence-corrected chi connectivity index (χ0v) is 11.3. The first kappa shape index (κ1) is 13.8. The van der Waals surface area contributed by atoms with E-state index in [4.69, 9.17) is 5.26 Å². The third-order valence-electron chi connectivity index (χ3n) is 2.94. The summed E-state index contributed by atoms with van der Waals surface area (Å²) >= 11 is 1.78. The molecule has 1 fully saturated rings. The van der Waals surface area contributed by atoms with Gasteiger partial charge < -0.3 is 0 Å². The SMILES string of the molecule is CCC(C#N)S(=O)(=O)NC1CCC(SC)C1. The predicted molar refractivity (Wildman–Crippen MR) is 66.7 cm³/mol. The normalized spacial score (nSPS) is 27.6. The van der Waals surface area contributed by atoms with Crippen molar-refractivity contribution in [3.63, 3.8) is 0 Å². The number of rotatable bonds is 5. The maximum Gasteiger partial charge on any atom is 0.228 e. The Hall–Kier alpha value is -0.250. The smallest absolute Gasteiger partial charge is 0.211 e. The molecule has 1 aliphatic rings. The van der Waals surface area contributed by atoms with E-state index in [-0.39, 0.29) is 6.04 Å². The molecule has 92 valence electrons. The van der Waals surface area contributed by atoms with E-state index in [1.807, 2.05) is 12.3 Å². The van der Waals surface area contributed by atoms with Crippen LogP contribution in [0.2, 0.25) is 0 Å². The van der Waals surface area contributed by atoms with E-state index in [0.29, 0.717) is 11.7 Å². The van der Waals surface area contributed by atoms with E-state index in [1.54, 1.807) is 18.7 Å². The molecular formula is C10H18N2O2S2. The van der Waals surface area contributed by atoms with Gasteiger partial charge in [-0.2, -0.15) is 17.0 Å². The highest BCUT2D eigenvalue weighted by Crippen LogP contribution is 2.28. The highest BCUT2D eigenvalue weighted by atomic mass is 32.2. The Kier molecular flexibility index (Phi) is 5.09. The summed E-state index contributed by atoms with van der Waals surface area (Å²) in [5.74, 6) is 0. The Bertz CT molecular complexity index is 362. The molecule has 0 amide bonds. The average molecular weight is 262 g/mol. The average Bonchev–Trinajstić information content (AvgIpc) is 2.66. The first-order valence-corrected chi connectivity index (χ1v) is 8.30. The van der Waals surface area contributed by atoms with Gasteiger partial charge in [-0.1, -0.05) is 6.92 Å². The van der Waals surface area contributed by atoms with Gasteiger partial charge in [-0.05, 0) is 31.9 Å². The van der Waals surface area contributed by atoms with Gasteiger partial charge in [0.15, 0.2) is 5.25 Å². The summed E-state index contributed by atoms with van der Waals surface area (Å²) in [4.78, 5) is 0. The quantitative estimate of drug-likeness (QED) is 0.815. The van der Waals surface area contributed by atoms with Crippen molar-refractivity contribution in [2.24, 2.45) is 0 Å². The summed E-state index contributed by atoms with van der Waals surface area (Å²) in [5, 5.41) is 8.40. The molecule has 1 rings (SSSR count). The van der Waals surface area contributed by atoms with Crippen molar-refractivity contribution in [3.8, 4) is 6.07 Å². The van der Waals surface area contributed by atoms with E-state index >= 15 is 0 Å². The molecule has 0 aromatic heterocycles. The van der Waals surface area contributed by atoms with E-state index in [9.17, 15) is 8.42 Å². The third kappa shape index (κ3) is 3.37. The number of hydrogen-bond donors (Lipinski definition) is 1. The fourth-order valence-corrected chi connectivity index (χ4v) is 4.17. The van der Waals surface area contributed by atoms with Crippen LogP contribution in [0.1, 0.15) is 32.6 Å². The summed E-state index contributed by atoms with van der Waals surface area (Å²) in [6.45, 7) is 1.71. The molecule has 0 saturated heterocycles. The van der Waals surface area contributed by atoms with Crippen LogP contribution >= 0.6 is 11.8 Å². The lowest BCUT2D eigenvalue weighted by Gasteiger charge is -2.15. The summed E-state index contributed by atoms with van der Waals surface area (Å²) < 4.78 is 26.3. The molecule has 0 aliphatic heterocycles. The molecule has 16 heavy (non-hydrogen) atoms. The van der Waals surface area contributed by atoms with E-state index in [1.165, 1.54) is 0 Å². The molecule has 0 bridgehead atoms. The van der Waals surface area contributed by atoms with Crippen LogP contribution in [0, 0.1) is 11.3 Å². The highest BCUT2D eigenvalue weighted by molar-refractivity contribution is 7.99. The van der Waals surface area contributed by atoms with Gasteiger partial charge >= 0.3 is 0 Å². The molecule has 1 aliphatic carbocycles. The van der Waals surface area contributed by atoms with Crippen molar-refractivity contribution in [3.05, 3.63) is 0 Å². The van der Waals surface area contributed by atoms with Crippen LogP contribution in [-0.4, -0.2) is 31.2 Å². The minimum atomic E-state index is -3.46. The zero-order valence-electron chi connectivity index (χ0n) is 9.64. The van der Waals surface area contributed by atoms with E-state index < -0.39 is 15.3 Å². The number of nitrogens with zero attached hydrogens (tertiary/aromatic N) is 1. The number of sulfonamides is 1. The van der Waals surface area contributed by atoms with Crippen LogP contribution in [0.4, 0.5) is 0 Å². The Balaban J connectivity index is 2.58. The van der Waals surface area contributed by atoms with Crippen LogP contribution in [0.5, 0.6) is 0 Å². The number of thioether (sulfide) groups is 1. The topological polar surface area (TPSA) is 70.0 Å². The van der Waals surface area contributed by atoms with Gasteiger partial charge in [-0.25, -0.2) is 13.1 Å². The lowest BCUT2D eigenvalue weighted by atomic mass is 10.3. The van der Waals surface area contributed by atoms with Crippen LogP contribution in [0.25, 0.3) is 0 Å². The molecule has 0 spiro atoms. The van der Waals surface area contributed by atoms with Gasteiger partial charge in [0.05, 0.1) is 6.07 Å². The van der Waals surface area contributed by atoms with Crippen molar-refractivity contribution in [2.45, 2.75) is 49.1 Å². The molecule has 0 aromatic rings. The van der Waals surface area contributed by atoms with E-state index in [2.05, 4.69) is 4.72 Å². The molecule has 3 unspecified atom stereocenters. The maximum absolute atomic E-state index is 11.8. The monoisotopic (exact) mass is 262 g/mol. The van der Waals surface area contributed by atoms with Crippen molar-refractivity contribution >= 4 is 21.8 Å².